The minimum absolute atomic E-state index is 0.0194. The molecule has 2 aromatic carbocycles. The number of piperazine rings is 1. The third-order valence-electron chi connectivity index (χ3n) is 8.57. The summed E-state index contributed by atoms with van der Waals surface area (Å²) in [6, 6.07) is 10.5. The Bertz CT molecular complexity index is 1810. The van der Waals surface area contributed by atoms with Crippen molar-refractivity contribution in [1.29, 1.82) is 5.26 Å². The summed E-state index contributed by atoms with van der Waals surface area (Å²) in [6.45, 7) is 4.19. The molecule has 1 atom stereocenters. The zero-order valence-corrected chi connectivity index (χ0v) is 26.1. The van der Waals surface area contributed by atoms with E-state index < -0.39 is 29.4 Å². The molecule has 0 radical (unpaired) electrons. The van der Waals surface area contributed by atoms with Crippen LogP contribution in [0.3, 0.4) is 0 Å². The smallest absolute Gasteiger partial charge is 0.416 e. The average molecular weight is 640 g/mol. The van der Waals surface area contributed by atoms with Gasteiger partial charge >= 0.3 is 23.9 Å². The van der Waals surface area contributed by atoms with E-state index in [0.29, 0.717) is 53.9 Å². The van der Waals surface area contributed by atoms with E-state index in [4.69, 9.17) is 4.74 Å². The van der Waals surface area contributed by atoms with Gasteiger partial charge in [-0.3, -0.25) is 4.90 Å². The number of fused-ring (bicyclic) bond motifs is 1. The summed E-state index contributed by atoms with van der Waals surface area (Å²) in [5.74, 6) is -0.810. The lowest BCUT2D eigenvalue weighted by molar-refractivity contribution is -0.926. The first kappa shape index (κ1) is 32.3. The number of allylic oxidation sites excluding steroid dienone is 1. The molecule has 0 saturated carbocycles. The lowest BCUT2D eigenvalue weighted by Gasteiger charge is -2.43. The highest BCUT2D eigenvalue weighted by Crippen LogP contribution is 2.44. The number of anilines is 2. The SMILES string of the molecule is COC(=O)C1=C(C)N(c2cccc(C(F)(F)F)c2)c2n[nH]c(=O)n2C1c1ccc(C#N)cc1C[N+]1(C)CCN(C(=O)N(C)C)CC1. The molecule has 242 valence electrons. The molecule has 5 rings (SSSR count). The second kappa shape index (κ2) is 12.0. The number of rotatable bonds is 5. The van der Waals surface area contributed by atoms with Gasteiger partial charge in [0.2, 0.25) is 5.95 Å². The van der Waals surface area contributed by atoms with Gasteiger partial charge < -0.3 is 19.0 Å². The molecule has 3 heterocycles. The topological polar surface area (TPSA) is 128 Å². The maximum Gasteiger partial charge on any atom is 0.416 e. The summed E-state index contributed by atoms with van der Waals surface area (Å²) in [5, 5.41) is 16.3. The molecule has 1 unspecified atom stereocenters. The zero-order chi connectivity index (χ0) is 33.6. The average Bonchev–Trinajstić information content (AvgIpc) is 3.40. The molecule has 15 heteroatoms. The Morgan fingerprint density at radius 2 is 1.87 bits per heavy atom. The number of carbonyl (C=O) groups is 2. The van der Waals surface area contributed by atoms with Crippen LogP contribution in [0.5, 0.6) is 0 Å². The number of quaternary nitrogens is 1. The number of likely N-dealkylation sites (N-methyl/N-ethyl adjacent to an activating group) is 1. The number of H-pyrrole nitrogens is 1. The van der Waals surface area contributed by atoms with E-state index in [0.717, 1.165) is 12.1 Å². The lowest BCUT2D eigenvalue weighted by Crippen LogP contribution is -2.59. The number of alkyl halides is 3. The Balaban J connectivity index is 1.65. The molecular formula is C31H34F3N8O4+. The van der Waals surface area contributed by atoms with Gasteiger partial charge in [0.25, 0.3) is 0 Å². The Labute approximate surface area is 263 Å². The normalized spacial score (nSPS) is 17.8. The predicted molar refractivity (Wildman–Crippen MR) is 161 cm³/mol. The van der Waals surface area contributed by atoms with Crippen LogP contribution >= 0.6 is 0 Å². The molecule has 0 spiro atoms. The van der Waals surface area contributed by atoms with Crippen molar-refractivity contribution < 1.29 is 32.0 Å². The van der Waals surface area contributed by atoms with Crippen molar-refractivity contribution in [3.05, 3.63) is 86.5 Å². The molecule has 12 nitrogen and oxygen atoms in total. The van der Waals surface area contributed by atoms with Crippen LogP contribution in [-0.4, -0.2) is 95.5 Å². The number of urea groups is 1. The maximum absolute atomic E-state index is 13.7. The summed E-state index contributed by atoms with van der Waals surface area (Å²) in [6.07, 6.45) is -4.63. The Morgan fingerprint density at radius 3 is 2.48 bits per heavy atom. The Hall–Kier alpha value is -5.10. The largest absolute Gasteiger partial charge is 0.466 e. The molecule has 1 N–H and O–H groups in total. The van der Waals surface area contributed by atoms with Crippen molar-refractivity contribution in [2.45, 2.75) is 25.7 Å². The first-order valence-electron chi connectivity index (χ1n) is 14.4. The summed E-state index contributed by atoms with van der Waals surface area (Å²) >= 11 is 0. The minimum atomic E-state index is -4.63. The van der Waals surface area contributed by atoms with Crippen LogP contribution in [-0.2, 0) is 22.3 Å². The molecule has 2 aliphatic rings. The second-order valence-corrected chi connectivity index (χ2v) is 11.9. The van der Waals surface area contributed by atoms with Crippen LogP contribution < -0.4 is 10.6 Å². The Morgan fingerprint density at radius 1 is 1.17 bits per heavy atom. The van der Waals surface area contributed by atoms with E-state index in [9.17, 15) is 32.8 Å². The molecule has 2 aliphatic heterocycles. The molecule has 0 bridgehead atoms. The van der Waals surface area contributed by atoms with Gasteiger partial charge in [-0.1, -0.05) is 12.1 Å². The second-order valence-electron chi connectivity index (χ2n) is 11.9. The molecule has 46 heavy (non-hydrogen) atoms. The maximum atomic E-state index is 13.7. The number of aromatic amines is 1. The third-order valence-corrected chi connectivity index (χ3v) is 8.57. The first-order valence-corrected chi connectivity index (χ1v) is 14.4. The molecule has 2 amide bonds. The fourth-order valence-corrected chi connectivity index (χ4v) is 6.15. The molecule has 1 saturated heterocycles. The van der Waals surface area contributed by atoms with E-state index in [2.05, 4.69) is 16.3 Å². The van der Waals surface area contributed by atoms with E-state index in [-0.39, 0.29) is 28.9 Å². The highest BCUT2D eigenvalue weighted by Gasteiger charge is 2.42. The first-order chi connectivity index (χ1) is 21.7. The van der Waals surface area contributed by atoms with Gasteiger partial charge in [-0.05, 0) is 42.8 Å². The van der Waals surface area contributed by atoms with Gasteiger partial charge in [-0.15, -0.1) is 5.10 Å². The van der Waals surface area contributed by atoms with Crippen LogP contribution in [0.2, 0.25) is 0 Å². The number of ether oxygens (including phenoxy) is 1. The van der Waals surface area contributed by atoms with Crippen molar-refractivity contribution >= 4 is 23.6 Å². The van der Waals surface area contributed by atoms with Crippen LogP contribution in [0.4, 0.5) is 29.6 Å². The van der Waals surface area contributed by atoms with E-state index in [1.54, 1.807) is 44.1 Å². The fourth-order valence-electron chi connectivity index (χ4n) is 6.15. The summed E-state index contributed by atoms with van der Waals surface area (Å²) in [5.41, 5.74) is 0.238. The quantitative estimate of drug-likeness (QED) is 0.334. The number of methoxy groups -OCH3 is 1. The van der Waals surface area contributed by atoms with Crippen LogP contribution in [0.15, 0.2) is 58.5 Å². The van der Waals surface area contributed by atoms with Gasteiger partial charge in [-0.2, -0.15) is 18.4 Å². The number of hydrogen-bond acceptors (Lipinski definition) is 7. The molecule has 1 aromatic heterocycles. The van der Waals surface area contributed by atoms with Crippen molar-refractivity contribution in [3.8, 4) is 6.07 Å². The number of nitrogens with one attached hydrogen (secondary N) is 1. The number of nitriles is 1. The van der Waals surface area contributed by atoms with Gasteiger partial charge in [0.15, 0.2) is 0 Å². The lowest BCUT2D eigenvalue weighted by atomic mass is 9.89. The zero-order valence-electron chi connectivity index (χ0n) is 26.1. The van der Waals surface area contributed by atoms with E-state index >= 15 is 0 Å². The van der Waals surface area contributed by atoms with E-state index in [1.807, 2.05) is 7.05 Å². The third kappa shape index (κ3) is 5.83. The monoisotopic (exact) mass is 639 g/mol. The molecule has 3 aromatic rings. The number of carbonyl (C=O) groups excluding carboxylic acids is 2. The summed E-state index contributed by atoms with van der Waals surface area (Å²) < 4.78 is 47.9. The fraction of sp³-hybridized carbons (Fsp3) is 0.387. The number of esters is 1. The standard InChI is InChI=1S/C31H33F3N8O4/c1-19-25(27(43)46-5)26(41-28(36-37-29(41)44)40(19)23-8-6-7-22(16-23)31(32,33)34)24-10-9-20(17-35)15-21(24)18-42(4)13-11-39(12-14-42)30(45)38(2)3/h6-10,15-16,26H,11-14,18H2,1-5H3/p+1. The van der Waals surface area contributed by atoms with Gasteiger partial charge in [-0.25, -0.2) is 24.0 Å². The molecule has 1 fully saturated rings. The van der Waals surface area contributed by atoms with Crippen molar-refractivity contribution in [1.82, 2.24) is 24.6 Å². The number of nitrogens with zero attached hydrogens (tertiary/aromatic N) is 7. The van der Waals surface area contributed by atoms with Gasteiger partial charge in [0.1, 0.15) is 12.6 Å². The summed E-state index contributed by atoms with van der Waals surface area (Å²) in [4.78, 5) is 44.1. The number of amides is 2. The van der Waals surface area contributed by atoms with E-state index in [1.165, 1.54) is 33.6 Å². The number of aromatic nitrogens is 3. The van der Waals surface area contributed by atoms with Crippen LogP contribution in [0.1, 0.15) is 35.2 Å². The van der Waals surface area contributed by atoms with Gasteiger partial charge in [0.05, 0.1) is 63.1 Å². The minimum Gasteiger partial charge on any atom is -0.466 e. The van der Waals surface area contributed by atoms with Gasteiger partial charge in [0, 0.05) is 31.0 Å². The highest BCUT2D eigenvalue weighted by molar-refractivity contribution is 5.93. The number of benzene rings is 2. The van der Waals surface area contributed by atoms with Crippen molar-refractivity contribution in [2.24, 2.45) is 0 Å². The molecular weight excluding hydrogens is 605 g/mol. The predicted octanol–water partition coefficient (Wildman–Crippen LogP) is 3.59. The molecule has 0 aliphatic carbocycles. The van der Waals surface area contributed by atoms with Crippen LogP contribution in [0.25, 0.3) is 0 Å². The highest BCUT2D eigenvalue weighted by atomic mass is 19.4. The Kier molecular flexibility index (Phi) is 8.43. The number of halogens is 3. The van der Waals surface area contributed by atoms with Crippen molar-refractivity contribution in [3.63, 3.8) is 0 Å². The summed E-state index contributed by atoms with van der Waals surface area (Å²) in [7, 11) is 6.61. The van der Waals surface area contributed by atoms with Crippen LogP contribution in [0, 0.1) is 11.3 Å². The van der Waals surface area contributed by atoms with Crippen molar-refractivity contribution in [2.75, 3.05) is 59.3 Å². The number of hydrogen-bond donors (Lipinski definition) is 1.